The summed E-state index contributed by atoms with van der Waals surface area (Å²) in [7, 11) is 1.74. The van der Waals surface area contributed by atoms with Crippen molar-refractivity contribution >= 4 is 22.6 Å². The van der Waals surface area contributed by atoms with Gasteiger partial charge in [-0.3, -0.25) is 4.98 Å². The molecule has 0 saturated carbocycles. The van der Waals surface area contributed by atoms with Crippen LogP contribution in [0, 0.1) is 6.92 Å². The number of nitrogens with zero attached hydrogens (tertiary/aromatic N) is 2. The van der Waals surface area contributed by atoms with Crippen LogP contribution in [0.1, 0.15) is 30.0 Å². The molecule has 0 unspecified atom stereocenters. The fourth-order valence-electron chi connectivity index (χ4n) is 4.38. The lowest BCUT2D eigenvalue weighted by Crippen LogP contribution is -2.40. The number of pyridine rings is 1. The van der Waals surface area contributed by atoms with Crippen molar-refractivity contribution < 1.29 is 9.53 Å². The predicted octanol–water partition coefficient (Wildman–Crippen LogP) is 4.55. The fraction of sp³-hybridized carbons (Fsp3) is 0.360. The number of nitrogens with one attached hydrogen (secondary N) is 2. The van der Waals surface area contributed by atoms with Gasteiger partial charge in [0.2, 0.25) is 0 Å². The van der Waals surface area contributed by atoms with Crippen molar-refractivity contribution in [2.75, 3.05) is 38.6 Å². The lowest BCUT2D eigenvalue weighted by atomic mass is 9.89. The summed E-state index contributed by atoms with van der Waals surface area (Å²) >= 11 is 0. The van der Waals surface area contributed by atoms with Gasteiger partial charge in [0.1, 0.15) is 5.75 Å². The number of fused-ring (bicyclic) bond motifs is 1. The second kappa shape index (κ2) is 9.79. The van der Waals surface area contributed by atoms with E-state index >= 15 is 0 Å². The third kappa shape index (κ3) is 5.14. The number of anilines is 1. The molecule has 1 aromatic heterocycles. The average Bonchev–Trinajstić information content (AvgIpc) is 2.79. The molecule has 0 atom stereocenters. The number of aromatic nitrogens is 1. The van der Waals surface area contributed by atoms with E-state index in [1.807, 2.05) is 49.4 Å². The molecule has 0 radical (unpaired) electrons. The number of piperidine rings is 1. The van der Waals surface area contributed by atoms with E-state index in [4.69, 9.17) is 4.74 Å². The molecule has 2 amide bonds. The predicted molar refractivity (Wildman–Crippen MR) is 125 cm³/mol. The molecular formula is C25H30N4O2. The van der Waals surface area contributed by atoms with Gasteiger partial charge in [0, 0.05) is 24.2 Å². The van der Waals surface area contributed by atoms with Gasteiger partial charge in [-0.1, -0.05) is 36.4 Å². The molecule has 0 aliphatic carbocycles. The lowest BCUT2D eigenvalue weighted by Gasteiger charge is -2.32. The summed E-state index contributed by atoms with van der Waals surface area (Å²) in [5, 5.41) is 6.92. The van der Waals surface area contributed by atoms with Crippen LogP contribution in [-0.4, -0.2) is 49.2 Å². The van der Waals surface area contributed by atoms with Gasteiger partial charge >= 0.3 is 6.03 Å². The number of urea groups is 1. The van der Waals surface area contributed by atoms with Crippen LogP contribution in [0.2, 0.25) is 0 Å². The van der Waals surface area contributed by atoms with E-state index in [1.54, 1.807) is 7.11 Å². The lowest BCUT2D eigenvalue weighted by molar-refractivity contribution is 0.209. The largest absolute Gasteiger partial charge is 0.496 e. The molecule has 6 nitrogen and oxygen atoms in total. The Kier molecular flexibility index (Phi) is 6.67. The number of carbonyl (C=O) groups is 1. The summed E-state index contributed by atoms with van der Waals surface area (Å²) in [6, 6.07) is 17.9. The molecule has 4 rings (SSSR count). The van der Waals surface area contributed by atoms with Gasteiger partial charge in [0.15, 0.2) is 0 Å². The van der Waals surface area contributed by atoms with Crippen molar-refractivity contribution in [3.05, 3.63) is 65.9 Å². The second-order valence-corrected chi connectivity index (χ2v) is 8.07. The Morgan fingerprint density at radius 2 is 1.87 bits per heavy atom. The summed E-state index contributed by atoms with van der Waals surface area (Å²) in [5.41, 5.74) is 3.86. The zero-order valence-electron chi connectivity index (χ0n) is 18.2. The minimum absolute atomic E-state index is 0.181. The van der Waals surface area contributed by atoms with Crippen LogP contribution in [-0.2, 0) is 0 Å². The Morgan fingerprint density at radius 1 is 1.13 bits per heavy atom. The molecule has 1 saturated heterocycles. The molecule has 0 spiro atoms. The molecule has 2 N–H and O–H groups in total. The van der Waals surface area contributed by atoms with Crippen molar-refractivity contribution in [3.8, 4) is 5.75 Å². The highest BCUT2D eigenvalue weighted by Gasteiger charge is 2.22. The standard InChI is InChI=1S/C25H30N4O2/c1-18-17-23(21-8-3-5-9-22(21)27-18)28-25(30)26-13-16-29-14-11-19(12-15-29)20-7-4-6-10-24(20)31-2/h3-10,17,19H,11-16H2,1-2H3,(H2,26,27,28,30). The molecule has 2 heterocycles. The molecule has 1 fully saturated rings. The normalized spacial score (nSPS) is 15.0. The minimum atomic E-state index is -0.181. The van der Waals surface area contributed by atoms with E-state index in [0.717, 1.165) is 60.5 Å². The van der Waals surface area contributed by atoms with Crippen LogP contribution in [0.15, 0.2) is 54.6 Å². The highest BCUT2D eigenvalue weighted by molar-refractivity contribution is 6.00. The van der Waals surface area contributed by atoms with Gasteiger partial charge < -0.3 is 20.3 Å². The second-order valence-electron chi connectivity index (χ2n) is 8.07. The van der Waals surface area contributed by atoms with Gasteiger partial charge in [-0.25, -0.2) is 4.79 Å². The quantitative estimate of drug-likeness (QED) is 0.616. The van der Waals surface area contributed by atoms with Crippen LogP contribution < -0.4 is 15.4 Å². The maximum absolute atomic E-state index is 12.4. The first-order chi connectivity index (χ1) is 15.1. The van der Waals surface area contributed by atoms with Crippen molar-refractivity contribution in [3.63, 3.8) is 0 Å². The molecular weight excluding hydrogens is 388 g/mol. The van der Waals surface area contributed by atoms with E-state index < -0.39 is 0 Å². The number of rotatable bonds is 6. The summed E-state index contributed by atoms with van der Waals surface area (Å²) < 4.78 is 5.53. The van der Waals surface area contributed by atoms with E-state index in [0.29, 0.717) is 12.5 Å². The Labute approximate surface area is 183 Å². The summed E-state index contributed by atoms with van der Waals surface area (Å²) in [5.74, 6) is 1.52. The SMILES string of the molecule is COc1ccccc1C1CCN(CCNC(=O)Nc2cc(C)nc3ccccc23)CC1. The number of hydrogen-bond donors (Lipinski definition) is 2. The van der Waals surface area contributed by atoms with E-state index in [9.17, 15) is 4.79 Å². The molecule has 0 bridgehead atoms. The summed E-state index contributed by atoms with van der Waals surface area (Å²) in [6.07, 6.45) is 2.21. The molecule has 162 valence electrons. The Balaban J connectivity index is 1.25. The van der Waals surface area contributed by atoms with Gasteiger partial charge in [0.05, 0.1) is 18.3 Å². The van der Waals surface area contributed by atoms with Crippen LogP contribution in [0.5, 0.6) is 5.75 Å². The maximum Gasteiger partial charge on any atom is 0.319 e. The third-order valence-electron chi connectivity index (χ3n) is 5.97. The highest BCUT2D eigenvalue weighted by atomic mass is 16.5. The number of amides is 2. The fourth-order valence-corrected chi connectivity index (χ4v) is 4.38. The zero-order chi connectivity index (χ0) is 21.6. The molecule has 1 aliphatic heterocycles. The Bertz CT molecular complexity index is 1040. The first-order valence-electron chi connectivity index (χ1n) is 10.9. The summed E-state index contributed by atoms with van der Waals surface area (Å²) in [4.78, 5) is 19.4. The molecule has 6 heteroatoms. The van der Waals surface area contributed by atoms with E-state index in [1.165, 1.54) is 5.56 Å². The van der Waals surface area contributed by atoms with Gasteiger partial charge in [-0.15, -0.1) is 0 Å². The first-order valence-corrected chi connectivity index (χ1v) is 10.9. The maximum atomic E-state index is 12.4. The van der Waals surface area contributed by atoms with Crippen LogP contribution in [0.3, 0.4) is 0 Å². The van der Waals surface area contributed by atoms with E-state index in [-0.39, 0.29) is 6.03 Å². The third-order valence-corrected chi connectivity index (χ3v) is 5.97. The van der Waals surface area contributed by atoms with Gasteiger partial charge in [0.25, 0.3) is 0 Å². The Morgan fingerprint density at radius 3 is 2.68 bits per heavy atom. The minimum Gasteiger partial charge on any atom is -0.496 e. The van der Waals surface area contributed by atoms with Crippen molar-refractivity contribution in [1.29, 1.82) is 0 Å². The Hall–Kier alpha value is -3.12. The summed E-state index contributed by atoms with van der Waals surface area (Å²) in [6.45, 7) is 5.46. The number of carbonyl (C=O) groups excluding carboxylic acids is 1. The zero-order valence-corrected chi connectivity index (χ0v) is 18.2. The molecule has 3 aromatic rings. The van der Waals surface area contributed by atoms with Crippen molar-refractivity contribution in [2.24, 2.45) is 0 Å². The first kappa shape index (κ1) is 21.1. The van der Waals surface area contributed by atoms with Crippen LogP contribution in [0.4, 0.5) is 10.5 Å². The monoisotopic (exact) mass is 418 g/mol. The van der Waals surface area contributed by atoms with Crippen LogP contribution in [0.25, 0.3) is 10.9 Å². The molecule has 2 aromatic carbocycles. The smallest absolute Gasteiger partial charge is 0.319 e. The topological polar surface area (TPSA) is 66.5 Å². The highest BCUT2D eigenvalue weighted by Crippen LogP contribution is 2.33. The van der Waals surface area contributed by atoms with Crippen molar-refractivity contribution in [1.82, 2.24) is 15.2 Å². The number of benzene rings is 2. The number of para-hydroxylation sites is 2. The number of likely N-dealkylation sites (tertiary alicyclic amines) is 1. The van der Waals surface area contributed by atoms with Crippen LogP contribution >= 0.6 is 0 Å². The number of hydrogen-bond acceptors (Lipinski definition) is 4. The van der Waals surface area contributed by atoms with E-state index in [2.05, 4.69) is 32.7 Å². The van der Waals surface area contributed by atoms with Gasteiger partial charge in [-0.2, -0.15) is 0 Å². The average molecular weight is 419 g/mol. The molecule has 31 heavy (non-hydrogen) atoms. The molecule has 1 aliphatic rings. The van der Waals surface area contributed by atoms with Crippen molar-refractivity contribution in [2.45, 2.75) is 25.7 Å². The number of ether oxygens (including phenoxy) is 1. The van der Waals surface area contributed by atoms with Gasteiger partial charge in [-0.05, 0) is 62.5 Å². The number of aryl methyl sites for hydroxylation is 1. The number of methoxy groups -OCH3 is 1.